The van der Waals surface area contributed by atoms with Crippen LogP contribution in [-0.4, -0.2) is 43.3 Å². The van der Waals surface area contributed by atoms with Crippen molar-refractivity contribution in [1.82, 2.24) is 15.5 Å². The number of nitrogens with one attached hydrogen (secondary N) is 2. The summed E-state index contributed by atoms with van der Waals surface area (Å²) >= 11 is 0. The summed E-state index contributed by atoms with van der Waals surface area (Å²) in [5.74, 6) is 0.225. The molecular weight excluding hydrogens is 347 g/mol. The Morgan fingerprint density at radius 2 is 1.96 bits per heavy atom. The number of nitrogens with zero attached hydrogens (tertiary/aromatic N) is 3. The van der Waals surface area contributed by atoms with E-state index in [1.807, 2.05) is 25.1 Å². The van der Waals surface area contributed by atoms with Crippen molar-refractivity contribution in [1.29, 1.82) is 0 Å². The molecule has 140 valence electrons. The van der Waals surface area contributed by atoms with Crippen molar-refractivity contribution in [3.05, 3.63) is 47.7 Å². The first-order valence-corrected chi connectivity index (χ1v) is 7.92. The SMILES string of the molecule is CN(C)c1cnnc(NCCNC(=O)Cc2cccc(C(F)(F)F)c2)c1. The normalized spacial score (nSPS) is 11.1. The maximum atomic E-state index is 12.7. The summed E-state index contributed by atoms with van der Waals surface area (Å²) in [6.45, 7) is 0.728. The lowest BCUT2D eigenvalue weighted by molar-refractivity contribution is -0.137. The van der Waals surface area contributed by atoms with Crippen LogP contribution in [0.3, 0.4) is 0 Å². The van der Waals surface area contributed by atoms with Gasteiger partial charge in [0.1, 0.15) is 0 Å². The highest BCUT2D eigenvalue weighted by atomic mass is 19.4. The van der Waals surface area contributed by atoms with Crippen molar-refractivity contribution in [3.8, 4) is 0 Å². The van der Waals surface area contributed by atoms with Gasteiger partial charge in [0, 0.05) is 33.3 Å². The molecule has 1 aromatic carbocycles. The molecule has 1 heterocycles. The third-order valence-corrected chi connectivity index (χ3v) is 3.53. The first kappa shape index (κ1) is 19.5. The maximum Gasteiger partial charge on any atom is 0.416 e. The van der Waals surface area contributed by atoms with Gasteiger partial charge in [0.2, 0.25) is 5.91 Å². The predicted octanol–water partition coefficient (Wildman–Crippen LogP) is 2.33. The van der Waals surface area contributed by atoms with Gasteiger partial charge < -0.3 is 15.5 Å². The summed E-state index contributed by atoms with van der Waals surface area (Å²) in [4.78, 5) is 13.8. The largest absolute Gasteiger partial charge is 0.416 e. The molecule has 0 aliphatic rings. The molecule has 9 heteroatoms. The van der Waals surface area contributed by atoms with E-state index in [1.165, 1.54) is 12.1 Å². The topological polar surface area (TPSA) is 70.2 Å². The highest BCUT2D eigenvalue weighted by Crippen LogP contribution is 2.29. The lowest BCUT2D eigenvalue weighted by Gasteiger charge is -2.13. The first-order chi connectivity index (χ1) is 12.3. The fourth-order valence-corrected chi connectivity index (χ4v) is 2.19. The minimum atomic E-state index is -4.42. The Morgan fingerprint density at radius 1 is 1.19 bits per heavy atom. The maximum absolute atomic E-state index is 12.7. The average molecular weight is 367 g/mol. The molecule has 0 atom stereocenters. The van der Waals surface area contributed by atoms with Crippen molar-refractivity contribution in [3.63, 3.8) is 0 Å². The molecule has 2 aromatic rings. The Labute approximate surface area is 149 Å². The van der Waals surface area contributed by atoms with Crippen LogP contribution in [0.1, 0.15) is 11.1 Å². The van der Waals surface area contributed by atoms with Gasteiger partial charge in [-0.05, 0) is 11.6 Å². The van der Waals surface area contributed by atoms with Crippen LogP contribution in [0.25, 0.3) is 0 Å². The van der Waals surface area contributed by atoms with Crippen molar-refractivity contribution < 1.29 is 18.0 Å². The molecule has 0 unspecified atom stereocenters. The minimum Gasteiger partial charge on any atom is -0.376 e. The Balaban J connectivity index is 1.78. The van der Waals surface area contributed by atoms with E-state index in [4.69, 9.17) is 0 Å². The fourth-order valence-electron chi connectivity index (χ4n) is 2.19. The standard InChI is InChI=1S/C17H20F3N5O/c1-25(2)14-10-15(24-23-11-14)21-6-7-22-16(26)9-12-4-3-5-13(8-12)17(18,19)20/h3-5,8,10-11H,6-7,9H2,1-2H3,(H,21,24)(H,22,26). The van der Waals surface area contributed by atoms with Crippen LogP contribution in [-0.2, 0) is 17.4 Å². The van der Waals surface area contributed by atoms with Crippen LogP contribution in [0, 0.1) is 0 Å². The van der Waals surface area contributed by atoms with Gasteiger partial charge in [0.05, 0.1) is 23.9 Å². The molecule has 6 nitrogen and oxygen atoms in total. The van der Waals surface area contributed by atoms with Gasteiger partial charge in [-0.1, -0.05) is 18.2 Å². The number of hydrogen-bond acceptors (Lipinski definition) is 5. The Morgan fingerprint density at radius 3 is 2.65 bits per heavy atom. The zero-order valence-electron chi connectivity index (χ0n) is 14.5. The molecule has 0 aliphatic heterocycles. The second-order valence-electron chi connectivity index (χ2n) is 5.85. The molecule has 0 saturated carbocycles. The number of alkyl halides is 3. The van der Waals surface area contributed by atoms with Crippen LogP contribution in [0.4, 0.5) is 24.7 Å². The van der Waals surface area contributed by atoms with Crippen LogP contribution in [0.5, 0.6) is 0 Å². The molecule has 0 aliphatic carbocycles. The third-order valence-electron chi connectivity index (χ3n) is 3.53. The van der Waals surface area contributed by atoms with Gasteiger partial charge in [-0.25, -0.2) is 0 Å². The number of hydrogen-bond donors (Lipinski definition) is 2. The second-order valence-corrected chi connectivity index (χ2v) is 5.85. The summed E-state index contributed by atoms with van der Waals surface area (Å²) in [5, 5.41) is 13.5. The fraction of sp³-hybridized carbons (Fsp3) is 0.353. The van der Waals surface area contributed by atoms with E-state index < -0.39 is 11.7 Å². The monoisotopic (exact) mass is 367 g/mol. The summed E-state index contributed by atoms with van der Waals surface area (Å²) in [7, 11) is 3.77. The number of benzene rings is 1. The van der Waals surface area contributed by atoms with E-state index in [9.17, 15) is 18.0 Å². The van der Waals surface area contributed by atoms with Gasteiger partial charge in [0.25, 0.3) is 0 Å². The molecular formula is C17H20F3N5O. The van der Waals surface area contributed by atoms with Crippen LogP contribution in [0.2, 0.25) is 0 Å². The van der Waals surface area contributed by atoms with E-state index in [1.54, 1.807) is 6.20 Å². The van der Waals surface area contributed by atoms with Crippen molar-refractivity contribution in [2.45, 2.75) is 12.6 Å². The van der Waals surface area contributed by atoms with Crippen LogP contribution >= 0.6 is 0 Å². The molecule has 1 aromatic heterocycles. The number of carbonyl (C=O) groups is 1. The molecule has 2 N–H and O–H groups in total. The molecule has 0 spiro atoms. The predicted molar refractivity (Wildman–Crippen MR) is 93.0 cm³/mol. The zero-order valence-corrected chi connectivity index (χ0v) is 14.5. The lowest BCUT2D eigenvalue weighted by atomic mass is 10.1. The smallest absolute Gasteiger partial charge is 0.376 e. The number of amides is 1. The van der Waals surface area contributed by atoms with Gasteiger partial charge in [0.15, 0.2) is 5.82 Å². The highest BCUT2D eigenvalue weighted by Gasteiger charge is 2.30. The number of aromatic nitrogens is 2. The average Bonchev–Trinajstić information content (AvgIpc) is 2.58. The van der Waals surface area contributed by atoms with E-state index in [0.717, 1.165) is 17.8 Å². The van der Waals surface area contributed by atoms with E-state index in [0.29, 0.717) is 24.5 Å². The molecule has 0 saturated heterocycles. The Kier molecular flexibility index (Phi) is 6.37. The Bertz CT molecular complexity index is 749. The van der Waals surface area contributed by atoms with Crippen molar-refractivity contribution in [2.24, 2.45) is 0 Å². The second kappa shape index (κ2) is 8.50. The number of carbonyl (C=O) groups excluding carboxylic acids is 1. The quantitative estimate of drug-likeness (QED) is 0.735. The van der Waals surface area contributed by atoms with E-state index >= 15 is 0 Å². The highest BCUT2D eigenvalue weighted by molar-refractivity contribution is 5.78. The summed E-state index contributed by atoms with van der Waals surface area (Å²) in [5.41, 5.74) is 0.440. The first-order valence-electron chi connectivity index (χ1n) is 7.92. The van der Waals surface area contributed by atoms with Gasteiger partial charge in [-0.3, -0.25) is 4.79 Å². The molecule has 1 amide bonds. The van der Waals surface area contributed by atoms with Crippen molar-refractivity contribution >= 4 is 17.4 Å². The van der Waals surface area contributed by atoms with E-state index in [-0.39, 0.29) is 12.3 Å². The molecule has 0 radical (unpaired) electrons. The third kappa shape index (κ3) is 5.91. The van der Waals surface area contributed by atoms with Crippen LogP contribution < -0.4 is 15.5 Å². The van der Waals surface area contributed by atoms with Gasteiger partial charge in [-0.2, -0.15) is 18.3 Å². The lowest BCUT2D eigenvalue weighted by Crippen LogP contribution is -2.30. The van der Waals surface area contributed by atoms with Crippen LogP contribution in [0.15, 0.2) is 36.5 Å². The molecule has 0 fully saturated rings. The van der Waals surface area contributed by atoms with E-state index in [2.05, 4.69) is 20.8 Å². The molecule has 0 bridgehead atoms. The summed E-state index contributed by atoms with van der Waals surface area (Å²) in [6.07, 6.45) is -2.90. The molecule has 26 heavy (non-hydrogen) atoms. The number of rotatable bonds is 7. The van der Waals surface area contributed by atoms with Crippen molar-refractivity contribution in [2.75, 3.05) is 37.4 Å². The minimum absolute atomic E-state index is 0.111. The van der Waals surface area contributed by atoms with Gasteiger partial charge in [-0.15, -0.1) is 5.10 Å². The molecule has 2 rings (SSSR count). The van der Waals surface area contributed by atoms with Gasteiger partial charge >= 0.3 is 6.18 Å². The number of anilines is 2. The summed E-state index contributed by atoms with van der Waals surface area (Å²) in [6, 6.07) is 6.57. The zero-order chi connectivity index (χ0) is 19.2. The Hall–Kier alpha value is -2.84. The number of halogens is 3. The summed E-state index contributed by atoms with van der Waals surface area (Å²) < 4.78 is 38.0.